The van der Waals surface area contributed by atoms with Crippen molar-refractivity contribution < 1.29 is 22.7 Å². The van der Waals surface area contributed by atoms with Gasteiger partial charge in [0.25, 0.3) is 0 Å². The van der Waals surface area contributed by atoms with Crippen LogP contribution in [-0.2, 0) is 24.1 Å². The maximum atomic E-state index is 12.8. The molecule has 2 heterocycles. The number of likely N-dealkylation sites (tertiary alicyclic amines) is 1. The molecule has 1 aromatic heterocycles. The van der Waals surface area contributed by atoms with Crippen molar-refractivity contribution >= 4 is 17.5 Å². The van der Waals surface area contributed by atoms with E-state index in [1.807, 2.05) is 36.9 Å². The van der Waals surface area contributed by atoms with Gasteiger partial charge in [0.05, 0.1) is 22.2 Å². The molecule has 1 saturated heterocycles. The van der Waals surface area contributed by atoms with Gasteiger partial charge in [0.1, 0.15) is 12.4 Å². The highest BCUT2D eigenvalue weighted by Crippen LogP contribution is 2.31. The number of amides is 1. The molecule has 3 rings (SSSR count). The second-order valence-electron chi connectivity index (χ2n) is 8.17. The topological polar surface area (TPSA) is 45.7 Å². The highest BCUT2D eigenvalue weighted by Gasteiger charge is 2.31. The summed E-state index contributed by atoms with van der Waals surface area (Å²) in [4.78, 5) is 20.7. The number of aromatic nitrogens is 1. The molecule has 0 spiro atoms. The van der Waals surface area contributed by atoms with Crippen molar-refractivity contribution in [2.75, 3.05) is 26.2 Å². The molecule has 0 N–H and O–H groups in total. The number of rotatable bonds is 8. The zero-order valence-electron chi connectivity index (χ0n) is 18.9. The average molecular weight is 484 g/mol. The highest BCUT2D eigenvalue weighted by molar-refractivity contribution is 6.31. The highest BCUT2D eigenvalue weighted by atomic mass is 35.5. The smallest absolute Gasteiger partial charge is 0.417 e. The normalized spacial score (nSPS) is 17.1. The fourth-order valence-corrected chi connectivity index (χ4v) is 4.29. The van der Waals surface area contributed by atoms with Crippen LogP contribution in [0.3, 0.4) is 0 Å². The van der Waals surface area contributed by atoms with Gasteiger partial charge < -0.3 is 9.64 Å². The van der Waals surface area contributed by atoms with Gasteiger partial charge >= 0.3 is 6.18 Å². The van der Waals surface area contributed by atoms with Crippen molar-refractivity contribution in [1.29, 1.82) is 0 Å². The molecule has 2 aromatic rings. The van der Waals surface area contributed by atoms with Crippen LogP contribution >= 0.6 is 11.6 Å². The number of piperidine rings is 1. The largest absolute Gasteiger partial charge is 0.487 e. The van der Waals surface area contributed by atoms with Gasteiger partial charge in [-0.3, -0.25) is 14.7 Å². The summed E-state index contributed by atoms with van der Waals surface area (Å²) in [5.74, 6) is 0.826. The number of halogens is 4. The van der Waals surface area contributed by atoms with E-state index in [9.17, 15) is 18.0 Å². The van der Waals surface area contributed by atoms with Crippen molar-refractivity contribution in [3.63, 3.8) is 0 Å². The number of alkyl halides is 3. The summed E-state index contributed by atoms with van der Waals surface area (Å²) < 4.78 is 44.1. The number of carbonyl (C=O) groups excluding carboxylic acids is 1. The van der Waals surface area contributed by atoms with Gasteiger partial charge in [0.15, 0.2) is 0 Å². The monoisotopic (exact) mass is 483 g/mol. The molecule has 180 valence electrons. The number of hydrogen-bond donors (Lipinski definition) is 0. The van der Waals surface area contributed by atoms with Crippen LogP contribution in [0.5, 0.6) is 5.75 Å². The van der Waals surface area contributed by atoms with Crippen LogP contribution in [0.2, 0.25) is 5.02 Å². The number of carbonyl (C=O) groups is 1. The van der Waals surface area contributed by atoms with Crippen LogP contribution in [0, 0.1) is 5.92 Å². The van der Waals surface area contributed by atoms with E-state index in [0.29, 0.717) is 12.3 Å². The third-order valence-electron chi connectivity index (χ3n) is 5.85. The SMILES string of the molecule is CCN(CC)C(=O)C1CCCN(Cc2cccc(OCc3ncc(C(F)(F)F)cc3Cl)c2)C1. The third-order valence-corrected chi connectivity index (χ3v) is 6.18. The predicted molar refractivity (Wildman–Crippen MR) is 121 cm³/mol. The summed E-state index contributed by atoms with van der Waals surface area (Å²) in [7, 11) is 0. The molecule has 1 fully saturated rings. The van der Waals surface area contributed by atoms with Crippen LogP contribution in [0.25, 0.3) is 0 Å². The Balaban J connectivity index is 1.59. The lowest BCUT2D eigenvalue weighted by Gasteiger charge is -2.34. The molecule has 0 bridgehead atoms. The molecule has 33 heavy (non-hydrogen) atoms. The minimum atomic E-state index is -4.49. The Morgan fingerprint density at radius 2 is 2.03 bits per heavy atom. The quantitative estimate of drug-likeness (QED) is 0.503. The van der Waals surface area contributed by atoms with Crippen molar-refractivity contribution in [2.24, 2.45) is 5.92 Å². The Morgan fingerprint density at radius 1 is 1.27 bits per heavy atom. The molecule has 1 unspecified atom stereocenters. The molecular formula is C24H29ClF3N3O2. The first kappa shape index (κ1) is 25.3. The summed E-state index contributed by atoms with van der Waals surface area (Å²) >= 11 is 5.96. The molecule has 1 aromatic carbocycles. The summed E-state index contributed by atoms with van der Waals surface area (Å²) in [6.45, 7) is 7.76. The minimum Gasteiger partial charge on any atom is -0.487 e. The zero-order valence-corrected chi connectivity index (χ0v) is 19.6. The van der Waals surface area contributed by atoms with E-state index in [1.165, 1.54) is 0 Å². The number of nitrogens with zero attached hydrogens (tertiary/aromatic N) is 3. The van der Waals surface area contributed by atoms with E-state index >= 15 is 0 Å². The van der Waals surface area contributed by atoms with E-state index in [1.54, 1.807) is 6.07 Å². The van der Waals surface area contributed by atoms with Crippen molar-refractivity contribution in [1.82, 2.24) is 14.8 Å². The fourth-order valence-electron chi connectivity index (χ4n) is 4.07. The lowest BCUT2D eigenvalue weighted by molar-refractivity contribution is -0.138. The maximum absolute atomic E-state index is 12.8. The Morgan fingerprint density at radius 3 is 2.70 bits per heavy atom. The van der Waals surface area contributed by atoms with Gasteiger partial charge in [-0.25, -0.2) is 0 Å². The first-order chi connectivity index (χ1) is 15.7. The van der Waals surface area contributed by atoms with E-state index in [4.69, 9.17) is 16.3 Å². The second-order valence-corrected chi connectivity index (χ2v) is 8.58. The molecule has 1 amide bonds. The van der Waals surface area contributed by atoms with Gasteiger partial charge in [0.2, 0.25) is 5.91 Å². The minimum absolute atomic E-state index is 0.0194. The summed E-state index contributed by atoms with van der Waals surface area (Å²) in [5.41, 5.74) is 0.385. The van der Waals surface area contributed by atoms with Crippen molar-refractivity contribution in [2.45, 2.75) is 46.0 Å². The van der Waals surface area contributed by atoms with Gasteiger partial charge in [-0.2, -0.15) is 13.2 Å². The molecule has 0 saturated carbocycles. The molecule has 1 atom stereocenters. The van der Waals surface area contributed by atoms with E-state index < -0.39 is 11.7 Å². The number of hydrogen-bond acceptors (Lipinski definition) is 4. The van der Waals surface area contributed by atoms with Crippen molar-refractivity contribution in [3.8, 4) is 5.75 Å². The molecule has 9 heteroatoms. The van der Waals surface area contributed by atoms with Crippen LogP contribution in [0.1, 0.15) is 43.5 Å². The first-order valence-electron chi connectivity index (χ1n) is 11.2. The van der Waals surface area contributed by atoms with Crippen LogP contribution in [0.4, 0.5) is 13.2 Å². The molecule has 5 nitrogen and oxygen atoms in total. The van der Waals surface area contributed by atoms with Crippen molar-refractivity contribution in [3.05, 3.63) is 58.4 Å². The average Bonchev–Trinajstić information content (AvgIpc) is 2.79. The number of pyridine rings is 1. The van der Waals surface area contributed by atoms with Gasteiger partial charge in [-0.05, 0) is 57.0 Å². The van der Waals surface area contributed by atoms with Gasteiger partial charge in [-0.15, -0.1) is 0 Å². The lowest BCUT2D eigenvalue weighted by Crippen LogP contribution is -2.44. The first-order valence-corrected chi connectivity index (χ1v) is 11.5. The molecule has 1 aliphatic rings. The van der Waals surface area contributed by atoms with E-state index in [0.717, 1.165) is 56.8 Å². The van der Waals surface area contributed by atoms with E-state index in [-0.39, 0.29) is 29.1 Å². The fraction of sp³-hybridized carbons (Fsp3) is 0.500. The van der Waals surface area contributed by atoms with Crippen LogP contribution in [-0.4, -0.2) is 46.9 Å². The summed E-state index contributed by atoms with van der Waals surface area (Å²) in [6, 6.07) is 8.40. The predicted octanol–water partition coefficient (Wildman–Crippen LogP) is 5.41. The Bertz CT molecular complexity index is 951. The third kappa shape index (κ3) is 6.84. The summed E-state index contributed by atoms with van der Waals surface area (Å²) in [5, 5.41) is -0.0850. The van der Waals surface area contributed by atoms with Crippen LogP contribution < -0.4 is 4.74 Å². The molecule has 1 aliphatic heterocycles. The molecule has 0 aliphatic carbocycles. The van der Waals surface area contributed by atoms with E-state index in [2.05, 4.69) is 9.88 Å². The number of benzene rings is 1. The molecule has 0 radical (unpaired) electrons. The Kier molecular flexibility index (Phi) is 8.59. The lowest BCUT2D eigenvalue weighted by atomic mass is 9.96. The standard InChI is InChI=1S/C24H29ClF3N3O2/c1-3-31(4-2)23(32)18-8-6-10-30(15-18)14-17-7-5-9-20(11-17)33-16-22-21(25)12-19(13-29-22)24(26,27)28/h5,7,9,11-13,18H,3-4,6,8,10,14-16H2,1-2H3. The summed E-state index contributed by atoms with van der Waals surface area (Å²) in [6.07, 6.45) is -1.84. The Labute approximate surface area is 197 Å². The maximum Gasteiger partial charge on any atom is 0.417 e. The number of ether oxygens (including phenoxy) is 1. The zero-order chi connectivity index (χ0) is 24.0. The van der Waals surface area contributed by atoms with Gasteiger partial charge in [-0.1, -0.05) is 23.7 Å². The van der Waals surface area contributed by atoms with Gasteiger partial charge in [0, 0.05) is 32.4 Å². The van der Waals surface area contributed by atoms with Crippen LogP contribution in [0.15, 0.2) is 36.5 Å². The second kappa shape index (κ2) is 11.2. The Hall–Kier alpha value is -2.32. The molecular weight excluding hydrogens is 455 g/mol.